The molecule has 0 fully saturated rings. The molecule has 144 valence electrons. The molecular weight excluding hydrogens is 368 g/mol. The molecule has 0 aliphatic rings. The van der Waals surface area contributed by atoms with Crippen LogP contribution in [0.25, 0.3) is 0 Å². The Kier molecular flexibility index (Phi) is 6.95. The van der Waals surface area contributed by atoms with Crippen LogP contribution in [-0.4, -0.2) is 45.5 Å². The Labute approximate surface area is 162 Å². The Bertz CT molecular complexity index is 841. The lowest BCUT2D eigenvalue weighted by molar-refractivity contribution is -0.122. The van der Waals surface area contributed by atoms with Gasteiger partial charge < -0.3 is 26.0 Å². The second-order valence-corrected chi connectivity index (χ2v) is 6.44. The number of phenolic OH excluding ortho intramolecular Hbond substituents is 3. The number of rotatable bonds is 7. The molecule has 2 amide bonds. The molecule has 27 heavy (non-hydrogen) atoms. The summed E-state index contributed by atoms with van der Waals surface area (Å²) < 4.78 is 0. The van der Waals surface area contributed by atoms with Gasteiger partial charge >= 0.3 is 0 Å². The molecule has 0 aliphatic carbocycles. The third-order valence-corrected chi connectivity index (χ3v) is 4.38. The molecule has 0 heterocycles. The molecule has 2 rings (SSSR count). The molecule has 2 aromatic rings. The lowest BCUT2D eigenvalue weighted by Crippen LogP contribution is -2.48. The summed E-state index contributed by atoms with van der Waals surface area (Å²) in [6, 6.07) is 8.03. The summed E-state index contributed by atoms with van der Waals surface area (Å²) in [5.41, 5.74) is 1.84. The average molecular weight is 390 g/mol. The molecule has 0 spiro atoms. The van der Waals surface area contributed by atoms with Crippen LogP contribution in [-0.2, 0) is 11.2 Å². The first-order valence-corrected chi connectivity index (χ1v) is 8.95. The number of thiol groups is 1. The summed E-state index contributed by atoms with van der Waals surface area (Å²) in [5, 5.41) is 33.6. The van der Waals surface area contributed by atoms with Crippen molar-refractivity contribution in [1.82, 2.24) is 10.6 Å². The van der Waals surface area contributed by atoms with Crippen LogP contribution in [0.4, 0.5) is 0 Å². The number of aryl methyl sites for hydroxylation is 1. The highest BCUT2D eigenvalue weighted by Gasteiger charge is 2.20. The second-order valence-electron chi connectivity index (χ2n) is 6.07. The number of nitrogens with one attached hydrogen (secondary N) is 2. The van der Waals surface area contributed by atoms with Crippen LogP contribution in [0.3, 0.4) is 0 Å². The van der Waals surface area contributed by atoms with Gasteiger partial charge in [0.15, 0.2) is 11.5 Å². The number of amides is 2. The van der Waals surface area contributed by atoms with Crippen LogP contribution in [0.5, 0.6) is 17.2 Å². The van der Waals surface area contributed by atoms with E-state index in [4.69, 9.17) is 0 Å². The number of aromatic hydroxyl groups is 3. The Morgan fingerprint density at radius 3 is 2.37 bits per heavy atom. The standard InChI is InChI=1S/C19H22N2O5S/c1-11-8-12(2-4-15(11)22)6-7-20-19(26)14(10-27)21-18(25)13-3-5-16(23)17(24)9-13/h2-5,8-9,14,22-24,27H,6-7,10H2,1H3,(H,20,26)(H,21,25). The summed E-state index contributed by atoms with van der Waals surface area (Å²) in [7, 11) is 0. The minimum atomic E-state index is -0.849. The first kappa shape index (κ1) is 20.4. The number of hydrogen-bond donors (Lipinski definition) is 6. The first-order chi connectivity index (χ1) is 12.8. The van der Waals surface area contributed by atoms with Crippen LogP contribution in [0.1, 0.15) is 21.5 Å². The van der Waals surface area contributed by atoms with E-state index in [0.29, 0.717) is 13.0 Å². The van der Waals surface area contributed by atoms with E-state index in [1.54, 1.807) is 19.1 Å². The Morgan fingerprint density at radius 1 is 1.04 bits per heavy atom. The highest BCUT2D eigenvalue weighted by Crippen LogP contribution is 2.24. The predicted molar refractivity (Wildman–Crippen MR) is 104 cm³/mol. The summed E-state index contributed by atoms with van der Waals surface area (Å²) in [4.78, 5) is 24.5. The van der Waals surface area contributed by atoms with Gasteiger partial charge in [0.2, 0.25) is 5.91 Å². The zero-order valence-electron chi connectivity index (χ0n) is 14.8. The Balaban J connectivity index is 1.89. The van der Waals surface area contributed by atoms with Gasteiger partial charge in [0.05, 0.1) is 0 Å². The fraction of sp³-hybridized carbons (Fsp3) is 0.263. The minimum absolute atomic E-state index is 0.0972. The van der Waals surface area contributed by atoms with E-state index in [-0.39, 0.29) is 28.7 Å². The quantitative estimate of drug-likeness (QED) is 0.316. The van der Waals surface area contributed by atoms with Gasteiger partial charge in [0.1, 0.15) is 11.8 Å². The molecule has 0 saturated carbocycles. The number of carbonyl (C=O) groups is 2. The highest BCUT2D eigenvalue weighted by molar-refractivity contribution is 7.80. The number of carbonyl (C=O) groups excluding carboxylic acids is 2. The van der Waals surface area contributed by atoms with Gasteiger partial charge in [-0.3, -0.25) is 9.59 Å². The molecule has 0 radical (unpaired) electrons. The Hall–Kier alpha value is -2.87. The van der Waals surface area contributed by atoms with Crippen molar-refractivity contribution in [3.63, 3.8) is 0 Å². The molecule has 1 atom stereocenters. The van der Waals surface area contributed by atoms with Crippen molar-refractivity contribution < 1.29 is 24.9 Å². The molecule has 8 heteroatoms. The minimum Gasteiger partial charge on any atom is -0.508 e. The van der Waals surface area contributed by atoms with E-state index in [9.17, 15) is 24.9 Å². The van der Waals surface area contributed by atoms with Crippen molar-refractivity contribution in [1.29, 1.82) is 0 Å². The predicted octanol–water partition coefficient (Wildman–Crippen LogP) is 1.50. The number of phenols is 3. The number of benzene rings is 2. The molecule has 0 aromatic heterocycles. The Morgan fingerprint density at radius 2 is 1.74 bits per heavy atom. The van der Waals surface area contributed by atoms with E-state index < -0.39 is 17.7 Å². The smallest absolute Gasteiger partial charge is 0.252 e. The van der Waals surface area contributed by atoms with E-state index in [0.717, 1.165) is 17.2 Å². The summed E-state index contributed by atoms with van der Waals surface area (Å²) in [5.74, 6) is -1.37. The van der Waals surface area contributed by atoms with Crippen LogP contribution < -0.4 is 10.6 Å². The summed E-state index contributed by atoms with van der Waals surface area (Å²) >= 11 is 4.10. The fourth-order valence-electron chi connectivity index (χ4n) is 2.43. The third-order valence-electron chi connectivity index (χ3n) is 4.02. The molecule has 0 bridgehead atoms. The molecule has 1 unspecified atom stereocenters. The van der Waals surface area contributed by atoms with Gasteiger partial charge in [-0.05, 0) is 48.7 Å². The molecule has 7 nitrogen and oxygen atoms in total. The maximum absolute atomic E-state index is 12.3. The van der Waals surface area contributed by atoms with Crippen LogP contribution in [0.2, 0.25) is 0 Å². The van der Waals surface area contributed by atoms with Gasteiger partial charge in [-0.15, -0.1) is 0 Å². The molecule has 2 aromatic carbocycles. The molecule has 0 saturated heterocycles. The maximum Gasteiger partial charge on any atom is 0.252 e. The summed E-state index contributed by atoms with van der Waals surface area (Å²) in [6.07, 6.45) is 0.575. The SMILES string of the molecule is Cc1cc(CCNC(=O)C(CS)NC(=O)c2ccc(O)c(O)c2)ccc1O. The average Bonchev–Trinajstić information content (AvgIpc) is 2.64. The molecule has 0 aliphatic heterocycles. The van der Waals surface area contributed by atoms with E-state index in [2.05, 4.69) is 23.3 Å². The third kappa shape index (κ3) is 5.55. The summed E-state index contributed by atoms with van der Waals surface area (Å²) in [6.45, 7) is 2.16. The van der Waals surface area contributed by atoms with E-state index in [1.807, 2.05) is 6.07 Å². The normalized spacial score (nSPS) is 11.6. The van der Waals surface area contributed by atoms with Crippen molar-refractivity contribution in [2.24, 2.45) is 0 Å². The highest BCUT2D eigenvalue weighted by atomic mass is 32.1. The number of hydrogen-bond acceptors (Lipinski definition) is 6. The van der Waals surface area contributed by atoms with E-state index >= 15 is 0 Å². The van der Waals surface area contributed by atoms with Crippen molar-refractivity contribution in [2.45, 2.75) is 19.4 Å². The lowest BCUT2D eigenvalue weighted by Gasteiger charge is -2.17. The molecular formula is C19H22N2O5S. The second kappa shape index (κ2) is 9.18. The topological polar surface area (TPSA) is 119 Å². The van der Waals surface area contributed by atoms with Crippen molar-refractivity contribution >= 4 is 24.4 Å². The van der Waals surface area contributed by atoms with Crippen LogP contribution in [0.15, 0.2) is 36.4 Å². The van der Waals surface area contributed by atoms with Crippen molar-refractivity contribution in [2.75, 3.05) is 12.3 Å². The maximum atomic E-state index is 12.3. The first-order valence-electron chi connectivity index (χ1n) is 8.31. The van der Waals surface area contributed by atoms with Crippen LogP contribution in [0, 0.1) is 6.92 Å². The van der Waals surface area contributed by atoms with Gasteiger partial charge in [0.25, 0.3) is 5.91 Å². The molecule has 5 N–H and O–H groups in total. The van der Waals surface area contributed by atoms with Crippen molar-refractivity contribution in [3.8, 4) is 17.2 Å². The monoisotopic (exact) mass is 390 g/mol. The van der Waals surface area contributed by atoms with E-state index in [1.165, 1.54) is 12.1 Å². The van der Waals surface area contributed by atoms with Crippen molar-refractivity contribution in [3.05, 3.63) is 53.1 Å². The van der Waals surface area contributed by atoms with Gasteiger partial charge in [-0.25, -0.2) is 0 Å². The van der Waals surface area contributed by atoms with Crippen LogP contribution >= 0.6 is 12.6 Å². The lowest BCUT2D eigenvalue weighted by atomic mass is 10.1. The fourth-order valence-corrected chi connectivity index (χ4v) is 2.68. The van der Waals surface area contributed by atoms with Gasteiger partial charge in [-0.2, -0.15) is 12.6 Å². The largest absolute Gasteiger partial charge is 0.508 e. The van der Waals surface area contributed by atoms with Gasteiger partial charge in [-0.1, -0.05) is 12.1 Å². The zero-order chi connectivity index (χ0) is 20.0. The van der Waals surface area contributed by atoms with Gasteiger partial charge in [0, 0.05) is 17.9 Å². The zero-order valence-corrected chi connectivity index (χ0v) is 15.7.